The standard InChI is InChI=1S/C12H14BrCl2NO/c1-17-9-3-2-4-16(7-9)8-5-10(14)12(13)11(15)6-8/h5-6,9H,2-4,7H2,1H3. The number of benzene rings is 1. The van der Waals surface area contributed by atoms with Gasteiger partial charge >= 0.3 is 0 Å². The molecule has 0 N–H and O–H groups in total. The smallest absolute Gasteiger partial charge is 0.0746 e. The Bertz CT molecular complexity index is 390. The molecule has 0 amide bonds. The zero-order valence-corrected chi connectivity index (χ0v) is 12.6. The first-order chi connectivity index (χ1) is 8.11. The Morgan fingerprint density at radius 2 is 2.00 bits per heavy atom. The van der Waals surface area contributed by atoms with Crippen molar-refractivity contribution in [3.8, 4) is 0 Å². The molecular weight excluding hydrogens is 325 g/mol. The number of ether oxygens (including phenoxy) is 1. The first-order valence-electron chi connectivity index (χ1n) is 5.54. The number of piperidine rings is 1. The molecule has 0 bridgehead atoms. The molecule has 1 aromatic rings. The summed E-state index contributed by atoms with van der Waals surface area (Å²) in [4.78, 5) is 2.27. The molecule has 1 unspecified atom stereocenters. The third-order valence-electron chi connectivity index (χ3n) is 3.05. The molecule has 94 valence electrons. The van der Waals surface area contributed by atoms with Crippen LogP contribution in [0.3, 0.4) is 0 Å². The highest BCUT2D eigenvalue weighted by Gasteiger charge is 2.20. The summed E-state index contributed by atoms with van der Waals surface area (Å²) in [6.45, 7) is 1.92. The Hall–Kier alpha value is 0.0400. The molecule has 1 aromatic carbocycles. The minimum Gasteiger partial charge on any atom is -0.380 e. The van der Waals surface area contributed by atoms with Crippen molar-refractivity contribution in [2.75, 3.05) is 25.1 Å². The first kappa shape index (κ1) is 13.5. The van der Waals surface area contributed by atoms with Crippen molar-refractivity contribution in [1.82, 2.24) is 0 Å². The minimum absolute atomic E-state index is 0.296. The van der Waals surface area contributed by atoms with E-state index in [1.165, 1.54) is 0 Å². The second-order valence-corrected chi connectivity index (χ2v) is 5.78. The van der Waals surface area contributed by atoms with Crippen LogP contribution in [-0.4, -0.2) is 26.3 Å². The number of halogens is 3. The minimum atomic E-state index is 0.296. The normalized spacial score (nSPS) is 20.7. The number of methoxy groups -OCH3 is 1. The van der Waals surface area contributed by atoms with Crippen molar-refractivity contribution in [2.45, 2.75) is 18.9 Å². The fourth-order valence-electron chi connectivity index (χ4n) is 2.09. The molecule has 0 saturated carbocycles. The second-order valence-electron chi connectivity index (χ2n) is 4.17. The van der Waals surface area contributed by atoms with Gasteiger partial charge in [0.05, 0.1) is 20.6 Å². The molecular formula is C12H14BrCl2NO. The highest BCUT2D eigenvalue weighted by atomic mass is 79.9. The lowest BCUT2D eigenvalue weighted by Gasteiger charge is -2.33. The molecule has 1 aliphatic heterocycles. The van der Waals surface area contributed by atoms with Gasteiger partial charge in [0, 0.05) is 25.9 Å². The van der Waals surface area contributed by atoms with Gasteiger partial charge in [-0.05, 0) is 40.9 Å². The summed E-state index contributed by atoms with van der Waals surface area (Å²) >= 11 is 15.6. The van der Waals surface area contributed by atoms with Crippen LogP contribution in [0.25, 0.3) is 0 Å². The highest BCUT2D eigenvalue weighted by Crippen LogP contribution is 2.35. The summed E-state index contributed by atoms with van der Waals surface area (Å²) in [5.41, 5.74) is 1.06. The molecule has 1 heterocycles. The average Bonchev–Trinajstić information content (AvgIpc) is 2.35. The lowest BCUT2D eigenvalue weighted by Crippen LogP contribution is -2.39. The van der Waals surface area contributed by atoms with Gasteiger partial charge in [0.15, 0.2) is 0 Å². The Morgan fingerprint density at radius 1 is 1.35 bits per heavy atom. The monoisotopic (exact) mass is 337 g/mol. The lowest BCUT2D eigenvalue weighted by atomic mass is 10.1. The van der Waals surface area contributed by atoms with E-state index in [0.717, 1.165) is 36.1 Å². The van der Waals surface area contributed by atoms with E-state index in [4.69, 9.17) is 27.9 Å². The Kier molecular flexibility index (Phi) is 4.59. The van der Waals surface area contributed by atoms with Gasteiger partial charge in [-0.25, -0.2) is 0 Å². The summed E-state index contributed by atoms with van der Waals surface area (Å²) in [7, 11) is 1.76. The van der Waals surface area contributed by atoms with E-state index in [1.807, 2.05) is 12.1 Å². The lowest BCUT2D eigenvalue weighted by molar-refractivity contribution is 0.0893. The number of nitrogens with zero attached hydrogens (tertiary/aromatic N) is 1. The van der Waals surface area contributed by atoms with E-state index in [-0.39, 0.29) is 0 Å². The van der Waals surface area contributed by atoms with Gasteiger partial charge in [-0.2, -0.15) is 0 Å². The van der Waals surface area contributed by atoms with Crippen molar-refractivity contribution in [3.05, 3.63) is 26.7 Å². The molecule has 0 aliphatic carbocycles. The summed E-state index contributed by atoms with van der Waals surface area (Å²) in [6.07, 6.45) is 2.54. The van der Waals surface area contributed by atoms with E-state index in [9.17, 15) is 0 Å². The van der Waals surface area contributed by atoms with Crippen LogP contribution in [0.1, 0.15) is 12.8 Å². The molecule has 2 rings (SSSR count). The van der Waals surface area contributed by atoms with Gasteiger partial charge in [0.1, 0.15) is 0 Å². The Balaban J connectivity index is 2.22. The van der Waals surface area contributed by atoms with Gasteiger partial charge < -0.3 is 9.64 Å². The van der Waals surface area contributed by atoms with Crippen LogP contribution in [0.15, 0.2) is 16.6 Å². The molecule has 0 radical (unpaired) electrons. The van der Waals surface area contributed by atoms with Crippen molar-refractivity contribution >= 4 is 44.8 Å². The average molecular weight is 339 g/mol. The van der Waals surface area contributed by atoms with Crippen LogP contribution in [0, 0.1) is 0 Å². The fourth-order valence-corrected chi connectivity index (χ4v) is 2.79. The quantitative estimate of drug-likeness (QED) is 0.742. The van der Waals surface area contributed by atoms with Gasteiger partial charge in [0.2, 0.25) is 0 Å². The van der Waals surface area contributed by atoms with Crippen molar-refractivity contribution in [3.63, 3.8) is 0 Å². The van der Waals surface area contributed by atoms with Gasteiger partial charge in [-0.15, -0.1) is 0 Å². The zero-order valence-electron chi connectivity index (χ0n) is 9.55. The highest BCUT2D eigenvalue weighted by molar-refractivity contribution is 9.10. The Morgan fingerprint density at radius 3 is 2.59 bits per heavy atom. The molecule has 0 aromatic heterocycles. The predicted octanol–water partition coefficient (Wildman–Crippen LogP) is 4.37. The number of rotatable bonds is 2. The van der Waals surface area contributed by atoms with E-state index < -0.39 is 0 Å². The number of hydrogen-bond acceptors (Lipinski definition) is 2. The summed E-state index contributed by atoms with van der Waals surface area (Å²) in [5, 5.41) is 1.29. The van der Waals surface area contributed by atoms with E-state index in [2.05, 4.69) is 20.8 Å². The SMILES string of the molecule is COC1CCCN(c2cc(Cl)c(Br)c(Cl)c2)C1. The maximum Gasteiger partial charge on any atom is 0.0746 e. The fraction of sp³-hybridized carbons (Fsp3) is 0.500. The van der Waals surface area contributed by atoms with Gasteiger partial charge in [-0.3, -0.25) is 0 Å². The molecule has 1 fully saturated rings. The van der Waals surface area contributed by atoms with Crippen LogP contribution in [0.2, 0.25) is 10.0 Å². The molecule has 5 heteroatoms. The van der Waals surface area contributed by atoms with E-state index >= 15 is 0 Å². The molecule has 1 aliphatic rings. The van der Waals surface area contributed by atoms with Crippen LogP contribution in [0.4, 0.5) is 5.69 Å². The predicted molar refractivity (Wildman–Crippen MR) is 76.4 cm³/mol. The number of hydrogen-bond donors (Lipinski definition) is 0. The summed E-state index contributed by atoms with van der Waals surface area (Å²) < 4.78 is 6.16. The summed E-state index contributed by atoms with van der Waals surface area (Å²) in [5.74, 6) is 0. The van der Waals surface area contributed by atoms with E-state index in [0.29, 0.717) is 16.1 Å². The van der Waals surface area contributed by atoms with Crippen LogP contribution in [0.5, 0.6) is 0 Å². The molecule has 0 spiro atoms. The third kappa shape index (κ3) is 3.08. The third-order valence-corrected chi connectivity index (χ3v) is 4.95. The van der Waals surface area contributed by atoms with Gasteiger partial charge in [-0.1, -0.05) is 23.2 Å². The molecule has 1 saturated heterocycles. The summed E-state index contributed by atoms with van der Waals surface area (Å²) in [6, 6.07) is 3.88. The van der Waals surface area contributed by atoms with Crippen LogP contribution in [-0.2, 0) is 4.74 Å². The van der Waals surface area contributed by atoms with Crippen molar-refractivity contribution in [1.29, 1.82) is 0 Å². The molecule has 2 nitrogen and oxygen atoms in total. The van der Waals surface area contributed by atoms with Crippen LogP contribution < -0.4 is 4.90 Å². The zero-order chi connectivity index (χ0) is 12.4. The van der Waals surface area contributed by atoms with Crippen molar-refractivity contribution < 1.29 is 4.74 Å². The maximum absolute atomic E-state index is 6.12. The second kappa shape index (κ2) is 5.79. The van der Waals surface area contributed by atoms with E-state index in [1.54, 1.807) is 7.11 Å². The molecule has 1 atom stereocenters. The Labute approximate surface area is 120 Å². The van der Waals surface area contributed by atoms with Crippen molar-refractivity contribution in [2.24, 2.45) is 0 Å². The largest absolute Gasteiger partial charge is 0.380 e. The van der Waals surface area contributed by atoms with Crippen LogP contribution >= 0.6 is 39.1 Å². The topological polar surface area (TPSA) is 12.5 Å². The van der Waals surface area contributed by atoms with Gasteiger partial charge in [0.25, 0.3) is 0 Å². The number of anilines is 1. The maximum atomic E-state index is 6.12. The first-order valence-corrected chi connectivity index (χ1v) is 7.09. The molecule has 17 heavy (non-hydrogen) atoms.